The molecule has 3 N–H and O–H groups in total. The van der Waals surface area contributed by atoms with E-state index < -0.39 is 0 Å². The molecule has 0 heterocycles. The number of benzene rings is 1. The summed E-state index contributed by atoms with van der Waals surface area (Å²) in [6.07, 6.45) is 0. The van der Waals surface area contributed by atoms with Crippen molar-refractivity contribution in [2.45, 2.75) is 119 Å². The number of nitrogens with one attached hydrogen (secondary N) is 3. The van der Waals surface area contributed by atoms with Gasteiger partial charge >= 0.3 is 0 Å². The SMILES string of the molecule is CC(C)N(CCNC(=O)c1cc(C(=O)NCCN(C(C)C)C(C)C)cc(C(=O)NCCN(C(C)C)C(C)C)c1)C(C)C. The Hall–Kier alpha value is -2.49. The Kier molecular flexibility index (Phi) is 16.3. The second-order valence-electron chi connectivity index (χ2n) is 12.8. The van der Waals surface area contributed by atoms with Crippen LogP contribution in [0.2, 0.25) is 0 Å². The second kappa shape index (κ2) is 18.2. The lowest BCUT2D eigenvalue weighted by atomic mass is 10.0. The summed E-state index contributed by atoms with van der Waals surface area (Å²) in [5.74, 6) is -0.909. The van der Waals surface area contributed by atoms with E-state index >= 15 is 0 Å². The van der Waals surface area contributed by atoms with E-state index in [0.717, 1.165) is 0 Å². The minimum absolute atomic E-state index is 0.297. The minimum Gasteiger partial charge on any atom is -0.351 e. The molecule has 9 nitrogen and oxygen atoms in total. The summed E-state index contributed by atoms with van der Waals surface area (Å²) in [7, 11) is 0. The Morgan fingerprint density at radius 3 is 0.810 bits per heavy atom. The zero-order valence-corrected chi connectivity index (χ0v) is 28.5. The minimum atomic E-state index is -0.303. The molecule has 1 aromatic carbocycles. The first-order valence-electron chi connectivity index (χ1n) is 15.8. The van der Waals surface area contributed by atoms with Crippen LogP contribution in [-0.2, 0) is 0 Å². The average molecular weight is 589 g/mol. The maximum atomic E-state index is 13.2. The lowest BCUT2D eigenvalue weighted by Gasteiger charge is -2.30. The normalized spacial score (nSPS) is 12.2. The predicted molar refractivity (Wildman–Crippen MR) is 174 cm³/mol. The van der Waals surface area contributed by atoms with Crippen LogP contribution < -0.4 is 16.0 Å². The maximum Gasteiger partial charge on any atom is 0.251 e. The Balaban J connectivity index is 3.12. The second-order valence-corrected chi connectivity index (χ2v) is 12.8. The molecule has 0 aromatic heterocycles. The Morgan fingerprint density at radius 2 is 0.643 bits per heavy atom. The molecule has 0 aliphatic heterocycles. The molecule has 0 saturated carbocycles. The van der Waals surface area contributed by atoms with Crippen LogP contribution >= 0.6 is 0 Å². The van der Waals surface area contributed by atoms with Gasteiger partial charge in [0.05, 0.1) is 0 Å². The van der Waals surface area contributed by atoms with Gasteiger partial charge in [-0.15, -0.1) is 0 Å². The van der Waals surface area contributed by atoms with Crippen molar-refractivity contribution in [3.8, 4) is 0 Å². The maximum absolute atomic E-state index is 13.2. The third-order valence-corrected chi connectivity index (χ3v) is 7.67. The van der Waals surface area contributed by atoms with Gasteiger partial charge in [0.15, 0.2) is 0 Å². The van der Waals surface area contributed by atoms with E-state index in [1.54, 1.807) is 18.2 Å². The third-order valence-electron chi connectivity index (χ3n) is 7.67. The molecular formula is C33H60N6O3. The molecule has 0 radical (unpaired) electrons. The molecule has 0 saturated heterocycles. The van der Waals surface area contributed by atoms with E-state index in [9.17, 15) is 14.4 Å². The lowest BCUT2D eigenvalue weighted by molar-refractivity contribution is 0.0939. The number of amides is 3. The van der Waals surface area contributed by atoms with Crippen molar-refractivity contribution in [2.75, 3.05) is 39.3 Å². The quantitative estimate of drug-likeness (QED) is 0.238. The molecule has 3 amide bonds. The fourth-order valence-electron chi connectivity index (χ4n) is 5.56. The summed E-state index contributed by atoms with van der Waals surface area (Å²) in [6, 6.07) is 6.86. The zero-order chi connectivity index (χ0) is 32.1. The third kappa shape index (κ3) is 12.4. The van der Waals surface area contributed by atoms with E-state index in [-0.39, 0.29) is 17.7 Å². The van der Waals surface area contributed by atoms with Gasteiger partial charge in [0, 0.05) is 92.2 Å². The molecule has 0 spiro atoms. The van der Waals surface area contributed by atoms with Crippen LogP contribution in [0.5, 0.6) is 0 Å². The van der Waals surface area contributed by atoms with Gasteiger partial charge in [0.25, 0.3) is 17.7 Å². The fraction of sp³-hybridized carbons (Fsp3) is 0.727. The van der Waals surface area contributed by atoms with Crippen LogP contribution in [0.15, 0.2) is 18.2 Å². The topological polar surface area (TPSA) is 97.0 Å². The van der Waals surface area contributed by atoms with Gasteiger partial charge < -0.3 is 16.0 Å². The molecule has 0 unspecified atom stereocenters. The smallest absolute Gasteiger partial charge is 0.251 e. The van der Waals surface area contributed by atoms with E-state index in [0.29, 0.717) is 92.2 Å². The van der Waals surface area contributed by atoms with Crippen molar-refractivity contribution in [1.82, 2.24) is 30.7 Å². The van der Waals surface area contributed by atoms with Crippen LogP contribution in [0.3, 0.4) is 0 Å². The highest BCUT2D eigenvalue weighted by Gasteiger charge is 2.20. The van der Waals surface area contributed by atoms with Crippen LogP contribution in [-0.4, -0.2) is 108 Å². The summed E-state index contributed by atoms with van der Waals surface area (Å²) in [5, 5.41) is 8.94. The van der Waals surface area contributed by atoms with Crippen LogP contribution in [0.25, 0.3) is 0 Å². The first-order valence-corrected chi connectivity index (χ1v) is 15.8. The van der Waals surface area contributed by atoms with Crippen molar-refractivity contribution < 1.29 is 14.4 Å². The largest absolute Gasteiger partial charge is 0.351 e. The zero-order valence-electron chi connectivity index (χ0n) is 28.5. The monoisotopic (exact) mass is 588 g/mol. The molecule has 0 aliphatic rings. The molecule has 1 rings (SSSR count). The molecule has 0 bridgehead atoms. The van der Waals surface area contributed by atoms with Crippen molar-refractivity contribution in [3.63, 3.8) is 0 Å². The predicted octanol–water partition coefficient (Wildman–Crippen LogP) is 4.23. The Labute approximate surface area is 256 Å². The molecule has 240 valence electrons. The first kappa shape index (κ1) is 37.5. The van der Waals surface area contributed by atoms with E-state index in [1.807, 2.05) is 0 Å². The first-order chi connectivity index (χ1) is 19.6. The molecule has 0 atom stereocenters. The lowest BCUT2D eigenvalue weighted by Crippen LogP contribution is -2.43. The highest BCUT2D eigenvalue weighted by atomic mass is 16.2. The summed E-state index contributed by atoms with van der Waals surface area (Å²) >= 11 is 0. The number of nitrogens with zero attached hydrogens (tertiary/aromatic N) is 3. The number of hydrogen-bond donors (Lipinski definition) is 3. The van der Waals surface area contributed by atoms with Crippen molar-refractivity contribution >= 4 is 17.7 Å². The van der Waals surface area contributed by atoms with Crippen molar-refractivity contribution in [1.29, 1.82) is 0 Å². The standard InChI is InChI=1S/C33H60N6O3/c1-22(2)37(23(3)4)16-13-34-31(40)28-19-29(32(41)35-14-17-38(24(5)6)25(7)8)21-30(20-28)33(42)36-15-18-39(26(9)10)27(11)12/h19-27H,13-18H2,1-12H3,(H,34,40)(H,35,41)(H,36,42). The van der Waals surface area contributed by atoms with Gasteiger partial charge in [-0.05, 0) is 101 Å². The molecule has 1 aromatic rings. The highest BCUT2D eigenvalue weighted by molar-refractivity contribution is 6.04. The number of rotatable bonds is 18. The van der Waals surface area contributed by atoms with Crippen LogP contribution in [0.1, 0.15) is 114 Å². The average Bonchev–Trinajstić information content (AvgIpc) is 2.89. The van der Waals surface area contributed by atoms with E-state index in [2.05, 4.69) is 114 Å². The number of hydrogen-bond acceptors (Lipinski definition) is 6. The van der Waals surface area contributed by atoms with E-state index in [1.165, 1.54) is 0 Å². The van der Waals surface area contributed by atoms with Crippen LogP contribution in [0, 0.1) is 0 Å². The Bertz CT molecular complexity index is 830. The molecule has 42 heavy (non-hydrogen) atoms. The Morgan fingerprint density at radius 1 is 0.452 bits per heavy atom. The van der Waals surface area contributed by atoms with E-state index in [4.69, 9.17) is 0 Å². The molecular weight excluding hydrogens is 528 g/mol. The van der Waals surface area contributed by atoms with Gasteiger partial charge in [0.1, 0.15) is 0 Å². The molecule has 0 aliphatic carbocycles. The number of carbonyl (C=O) groups excluding carboxylic acids is 3. The van der Waals surface area contributed by atoms with Crippen molar-refractivity contribution in [2.24, 2.45) is 0 Å². The summed E-state index contributed by atoms with van der Waals surface area (Å²) in [6.45, 7) is 29.2. The number of carbonyl (C=O) groups is 3. The summed E-state index contributed by atoms with van der Waals surface area (Å²) in [4.78, 5) is 46.6. The van der Waals surface area contributed by atoms with Gasteiger partial charge in [-0.25, -0.2) is 0 Å². The van der Waals surface area contributed by atoms with Crippen molar-refractivity contribution in [3.05, 3.63) is 34.9 Å². The summed E-state index contributed by atoms with van der Waals surface area (Å²) in [5.41, 5.74) is 0.890. The highest BCUT2D eigenvalue weighted by Crippen LogP contribution is 2.13. The van der Waals surface area contributed by atoms with Gasteiger partial charge in [0.2, 0.25) is 0 Å². The molecule has 9 heteroatoms. The van der Waals surface area contributed by atoms with Gasteiger partial charge in [-0.2, -0.15) is 0 Å². The van der Waals surface area contributed by atoms with Gasteiger partial charge in [-0.3, -0.25) is 29.1 Å². The fourth-order valence-corrected chi connectivity index (χ4v) is 5.56. The summed E-state index contributed by atoms with van der Waals surface area (Å²) < 4.78 is 0. The van der Waals surface area contributed by atoms with Crippen LogP contribution in [0.4, 0.5) is 0 Å². The molecule has 0 fully saturated rings. The van der Waals surface area contributed by atoms with Gasteiger partial charge in [-0.1, -0.05) is 0 Å².